The van der Waals surface area contributed by atoms with Gasteiger partial charge in [0.1, 0.15) is 23.4 Å². The van der Waals surface area contributed by atoms with Gasteiger partial charge in [-0.25, -0.2) is 8.78 Å². The van der Waals surface area contributed by atoms with Crippen molar-refractivity contribution in [2.45, 2.75) is 46.0 Å². The van der Waals surface area contributed by atoms with Gasteiger partial charge in [-0.1, -0.05) is 26.8 Å². The molecule has 122 valence electrons. The summed E-state index contributed by atoms with van der Waals surface area (Å²) >= 11 is 0. The van der Waals surface area contributed by atoms with Gasteiger partial charge in [0.2, 0.25) is 0 Å². The van der Waals surface area contributed by atoms with Crippen molar-refractivity contribution < 1.29 is 18.3 Å². The predicted molar refractivity (Wildman–Crippen MR) is 79.4 cm³/mol. The Kier molecular flexibility index (Phi) is 4.82. The maximum atomic E-state index is 13.7. The van der Waals surface area contributed by atoms with Crippen LogP contribution in [0.2, 0.25) is 0 Å². The Balaban J connectivity index is 2.22. The minimum absolute atomic E-state index is 0.164. The molecule has 0 saturated carbocycles. The van der Waals surface area contributed by atoms with Gasteiger partial charge < -0.3 is 10.1 Å². The lowest BCUT2D eigenvalue weighted by molar-refractivity contribution is 0.0273. The van der Waals surface area contributed by atoms with Crippen LogP contribution in [0.3, 0.4) is 0 Å². The van der Waals surface area contributed by atoms with E-state index in [0.717, 1.165) is 12.1 Å². The lowest BCUT2D eigenvalue weighted by Gasteiger charge is -2.35. The van der Waals surface area contributed by atoms with E-state index in [1.54, 1.807) is 0 Å². The van der Waals surface area contributed by atoms with Crippen LogP contribution in [-0.2, 0) is 4.74 Å². The highest BCUT2D eigenvalue weighted by molar-refractivity contribution is 5.95. The van der Waals surface area contributed by atoms with Crippen LogP contribution >= 0.6 is 0 Å². The number of carbonyl (C=O) groups excluding carboxylic acids is 1. The molecule has 4 nitrogen and oxygen atoms in total. The van der Waals surface area contributed by atoms with Crippen molar-refractivity contribution in [3.63, 3.8) is 0 Å². The van der Waals surface area contributed by atoms with Crippen LogP contribution in [0.15, 0.2) is 18.2 Å². The van der Waals surface area contributed by atoms with Gasteiger partial charge in [0, 0.05) is 6.04 Å². The number of rotatable bonds is 3. The van der Waals surface area contributed by atoms with Crippen molar-refractivity contribution in [3.05, 3.63) is 35.4 Å². The normalized spacial score (nSPS) is 23.4. The number of carbonyl (C=O) groups is 1. The minimum Gasteiger partial charge on any atom is -0.360 e. The van der Waals surface area contributed by atoms with E-state index in [0.29, 0.717) is 6.61 Å². The average Bonchev–Trinajstić information content (AvgIpc) is 2.80. The van der Waals surface area contributed by atoms with Gasteiger partial charge in [-0.05, 0) is 24.5 Å². The summed E-state index contributed by atoms with van der Waals surface area (Å²) in [6, 6.07) is 3.10. The molecule has 1 aromatic rings. The van der Waals surface area contributed by atoms with Gasteiger partial charge in [0.05, 0.1) is 12.6 Å². The van der Waals surface area contributed by atoms with Crippen LogP contribution in [-0.4, -0.2) is 30.8 Å². The molecule has 0 aliphatic carbocycles. The lowest BCUT2D eigenvalue weighted by atomic mass is 9.85. The average molecular weight is 312 g/mol. The molecule has 1 saturated heterocycles. The summed E-state index contributed by atoms with van der Waals surface area (Å²) in [5.74, 6) is -2.53. The number of benzene rings is 1. The molecule has 1 amide bonds. The van der Waals surface area contributed by atoms with Crippen molar-refractivity contribution in [3.8, 4) is 0 Å². The molecule has 1 aliphatic rings. The fourth-order valence-electron chi connectivity index (χ4n) is 2.49. The number of nitrogens with one attached hydrogen (secondary N) is 2. The number of amides is 1. The topological polar surface area (TPSA) is 50.4 Å². The van der Waals surface area contributed by atoms with Crippen molar-refractivity contribution in [2.75, 3.05) is 6.61 Å². The summed E-state index contributed by atoms with van der Waals surface area (Å²) in [5, 5.41) is 5.93. The Morgan fingerprint density at radius 3 is 2.41 bits per heavy atom. The zero-order valence-electron chi connectivity index (χ0n) is 13.2. The molecule has 22 heavy (non-hydrogen) atoms. The van der Waals surface area contributed by atoms with Crippen LogP contribution < -0.4 is 10.6 Å². The summed E-state index contributed by atoms with van der Waals surface area (Å²) < 4.78 is 33.1. The van der Waals surface area contributed by atoms with E-state index in [-0.39, 0.29) is 11.5 Å². The molecule has 1 heterocycles. The van der Waals surface area contributed by atoms with Gasteiger partial charge in [-0.15, -0.1) is 0 Å². The van der Waals surface area contributed by atoms with E-state index < -0.39 is 35.4 Å². The first-order valence-corrected chi connectivity index (χ1v) is 7.32. The van der Waals surface area contributed by atoms with E-state index in [9.17, 15) is 13.6 Å². The molecule has 1 aliphatic heterocycles. The monoisotopic (exact) mass is 312 g/mol. The second kappa shape index (κ2) is 6.30. The van der Waals surface area contributed by atoms with Crippen LogP contribution in [0.5, 0.6) is 0 Å². The number of hydrogen-bond acceptors (Lipinski definition) is 3. The second-order valence-corrected chi connectivity index (χ2v) is 6.74. The summed E-state index contributed by atoms with van der Waals surface area (Å²) in [6.45, 7) is 8.30. The molecule has 2 rings (SSSR count). The first-order valence-electron chi connectivity index (χ1n) is 7.32. The van der Waals surface area contributed by atoms with E-state index in [1.807, 2.05) is 27.7 Å². The summed E-state index contributed by atoms with van der Waals surface area (Å²) in [4.78, 5) is 12.3. The van der Waals surface area contributed by atoms with Crippen molar-refractivity contribution in [1.29, 1.82) is 0 Å². The molecule has 0 radical (unpaired) electrons. The molecular weight excluding hydrogens is 290 g/mol. The van der Waals surface area contributed by atoms with E-state index in [4.69, 9.17) is 4.74 Å². The molecule has 1 fully saturated rings. The smallest absolute Gasteiger partial charge is 0.257 e. The van der Waals surface area contributed by atoms with E-state index >= 15 is 0 Å². The van der Waals surface area contributed by atoms with Crippen molar-refractivity contribution in [2.24, 2.45) is 5.41 Å². The quantitative estimate of drug-likeness (QED) is 0.901. The van der Waals surface area contributed by atoms with Crippen molar-refractivity contribution in [1.82, 2.24) is 10.6 Å². The highest BCUT2D eigenvalue weighted by Gasteiger charge is 2.38. The van der Waals surface area contributed by atoms with Gasteiger partial charge in [0.25, 0.3) is 5.91 Å². The Hall–Kier alpha value is -1.53. The molecular formula is C16H22F2N2O2. The molecule has 0 aromatic heterocycles. The van der Waals surface area contributed by atoms with Gasteiger partial charge in [-0.2, -0.15) is 0 Å². The fraction of sp³-hybridized carbons (Fsp3) is 0.562. The number of halogens is 2. The van der Waals surface area contributed by atoms with E-state index in [1.165, 1.54) is 6.07 Å². The molecule has 2 N–H and O–H groups in total. The summed E-state index contributed by atoms with van der Waals surface area (Å²) in [6.07, 6.45) is -0.395. The SMILES string of the molecule is C[C@H]1COC(C(NC(=O)c2c(F)cccc2F)C(C)(C)C)N1. The lowest BCUT2D eigenvalue weighted by Crippen LogP contribution is -2.55. The molecule has 2 unspecified atom stereocenters. The molecule has 1 aromatic carbocycles. The van der Waals surface area contributed by atoms with Crippen LogP contribution in [0.25, 0.3) is 0 Å². The van der Waals surface area contributed by atoms with Crippen molar-refractivity contribution >= 4 is 5.91 Å². The zero-order valence-corrected chi connectivity index (χ0v) is 13.2. The van der Waals surface area contributed by atoms with Crippen LogP contribution in [0.4, 0.5) is 8.78 Å². The van der Waals surface area contributed by atoms with E-state index in [2.05, 4.69) is 10.6 Å². The molecule has 0 spiro atoms. The van der Waals surface area contributed by atoms with Gasteiger partial charge in [-0.3, -0.25) is 10.1 Å². The summed E-state index contributed by atoms with van der Waals surface area (Å²) in [7, 11) is 0. The fourth-order valence-corrected chi connectivity index (χ4v) is 2.49. The highest BCUT2D eigenvalue weighted by atomic mass is 19.1. The molecule has 0 bridgehead atoms. The first-order chi connectivity index (χ1) is 10.2. The standard InChI is InChI=1S/C16H22F2N2O2/c1-9-8-22-15(19-9)13(16(2,3)4)20-14(21)12-10(17)6-5-7-11(12)18/h5-7,9,13,15,19H,8H2,1-4H3,(H,20,21)/t9-,13?,15?/m0/s1. The third-order valence-electron chi connectivity index (χ3n) is 3.69. The van der Waals surface area contributed by atoms with Crippen LogP contribution in [0, 0.1) is 17.0 Å². The number of hydrogen-bond donors (Lipinski definition) is 2. The predicted octanol–water partition coefficient (Wildman–Crippen LogP) is 2.44. The van der Waals surface area contributed by atoms with Crippen LogP contribution in [0.1, 0.15) is 38.1 Å². The van der Waals surface area contributed by atoms with Gasteiger partial charge >= 0.3 is 0 Å². The second-order valence-electron chi connectivity index (χ2n) is 6.74. The maximum Gasteiger partial charge on any atom is 0.257 e. The third-order valence-corrected chi connectivity index (χ3v) is 3.69. The Bertz CT molecular complexity index is 537. The highest BCUT2D eigenvalue weighted by Crippen LogP contribution is 2.25. The Morgan fingerprint density at radius 1 is 1.36 bits per heavy atom. The number of ether oxygens (including phenoxy) is 1. The molecule has 6 heteroatoms. The zero-order chi connectivity index (χ0) is 16.5. The van der Waals surface area contributed by atoms with Gasteiger partial charge in [0.15, 0.2) is 0 Å². The largest absolute Gasteiger partial charge is 0.360 e. The Morgan fingerprint density at radius 2 is 1.95 bits per heavy atom. The first kappa shape index (κ1) is 16.8. The Labute approximate surface area is 129 Å². The molecule has 3 atom stereocenters. The minimum atomic E-state index is -0.876. The maximum absolute atomic E-state index is 13.7. The summed E-state index contributed by atoms with van der Waals surface area (Å²) in [5.41, 5.74) is -0.915. The third kappa shape index (κ3) is 3.62.